The maximum absolute atomic E-state index is 13.4. The number of benzene rings is 3. The van der Waals surface area contributed by atoms with E-state index in [2.05, 4.69) is 12.1 Å². The van der Waals surface area contributed by atoms with E-state index in [9.17, 15) is 14.7 Å². The number of methoxy groups -OCH3 is 1. The first-order valence-electron chi connectivity index (χ1n) is 12.9. The van der Waals surface area contributed by atoms with Crippen molar-refractivity contribution in [2.24, 2.45) is 0 Å². The molecule has 2 unspecified atom stereocenters. The Hall–Kier alpha value is -3.06. The van der Waals surface area contributed by atoms with E-state index in [-0.39, 0.29) is 12.6 Å². The molecule has 6 nitrogen and oxygen atoms in total. The maximum Gasteiger partial charge on any atom is 0.410 e. The van der Waals surface area contributed by atoms with Crippen LogP contribution in [-0.4, -0.2) is 47.4 Å². The Bertz CT molecular complexity index is 1350. The molecule has 3 aromatic rings. The number of aryl methyl sites for hydroxylation is 1. The minimum atomic E-state index is -0.894. The maximum atomic E-state index is 13.4. The molecule has 0 fully saturated rings. The molecule has 1 N–H and O–H groups in total. The van der Waals surface area contributed by atoms with Gasteiger partial charge in [-0.05, 0) is 86.6 Å². The van der Waals surface area contributed by atoms with Crippen molar-refractivity contribution < 1.29 is 24.2 Å². The van der Waals surface area contributed by atoms with Crippen molar-refractivity contribution in [1.82, 2.24) is 4.90 Å². The monoisotopic (exact) mass is 569 g/mol. The van der Waals surface area contributed by atoms with Gasteiger partial charge in [-0.1, -0.05) is 59.6 Å². The number of hydrogen-bond acceptors (Lipinski definition) is 5. The van der Waals surface area contributed by atoms with Crippen molar-refractivity contribution in [2.75, 3.05) is 13.7 Å². The SMILES string of the molecule is COC(=O)c1ccc(-c2ccc3c(c2)CC(N(CC(O)c2ccc(Cl)cc2)C(=O)OC(C)(C)C)CC3)c(Cl)c1. The zero-order chi connectivity index (χ0) is 28.3. The largest absolute Gasteiger partial charge is 0.465 e. The van der Waals surface area contributed by atoms with Crippen LogP contribution in [-0.2, 0) is 22.3 Å². The molecule has 1 aliphatic rings. The number of rotatable bonds is 6. The fourth-order valence-electron chi connectivity index (χ4n) is 4.84. The van der Waals surface area contributed by atoms with Crippen LogP contribution in [0.2, 0.25) is 10.0 Å². The van der Waals surface area contributed by atoms with Crippen LogP contribution in [0.25, 0.3) is 11.1 Å². The van der Waals surface area contributed by atoms with E-state index in [4.69, 9.17) is 32.7 Å². The Balaban J connectivity index is 1.60. The normalized spacial score (nSPS) is 15.7. The Morgan fingerprint density at radius 1 is 1.03 bits per heavy atom. The molecular formula is C31H33Cl2NO5. The number of carbonyl (C=O) groups excluding carboxylic acids is 2. The number of hydrogen-bond donors (Lipinski definition) is 1. The van der Waals surface area contributed by atoms with Crippen molar-refractivity contribution >= 4 is 35.3 Å². The average Bonchev–Trinajstić information content (AvgIpc) is 2.89. The first-order valence-corrected chi connectivity index (χ1v) is 13.6. The van der Waals surface area contributed by atoms with Crippen LogP contribution in [0.5, 0.6) is 0 Å². The second-order valence-electron chi connectivity index (χ2n) is 10.8. The van der Waals surface area contributed by atoms with Crippen LogP contribution in [0.4, 0.5) is 4.79 Å². The summed E-state index contributed by atoms with van der Waals surface area (Å²) in [6, 6.07) is 18.1. The summed E-state index contributed by atoms with van der Waals surface area (Å²) in [5.74, 6) is -0.445. The van der Waals surface area contributed by atoms with E-state index < -0.39 is 23.8 Å². The zero-order valence-electron chi connectivity index (χ0n) is 22.5. The number of aliphatic hydroxyl groups excluding tert-OH is 1. The van der Waals surface area contributed by atoms with Gasteiger partial charge < -0.3 is 19.5 Å². The lowest BCUT2D eigenvalue weighted by Gasteiger charge is -2.37. The summed E-state index contributed by atoms with van der Waals surface area (Å²) in [5.41, 5.74) is 4.42. The number of amides is 1. The molecule has 0 aliphatic heterocycles. The zero-order valence-corrected chi connectivity index (χ0v) is 24.1. The van der Waals surface area contributed by atoms with Crippen molar-refractivity contribution in [3.8, 4) is 11.1 Å². The standard InChI is InChI=1S/C31H33Cl2NO5/c1-31(2,3)39-30(37)34(18-28(35)20-7-11-24(32)12-8-20)25-13-9-19-5-6-21(15-23(19)16-25)26-14-10-22(17-27(26)33)29(36)38-4/h5-8,10-12,14-15,17,25,28,35H,9,13,16,18H2,1-4H3. The summed E-state index contributed by atoms with van der Waals surface area (Å²) in [6.07, 6.45) is 0.781. The fraction of sp³-hybridized carbons (Fsp3) is 0.355. The third-order valence-electron chi connectivity index (χ3n) is 6.80. The number of halogens is 2. The summed E-state index contributed by atoms with van der Waals surface area (Å²) in [5, 5.41) is 12.0. The lowest BCUT2D eigenvalue weighted by molar-refractivity contribution is 0.00195. The average molecular weight is 571 g/mol. The second kappa shape index (κ2) is 12.0. The number of carbonyl (C=O) groups is 2. The van der Waals surface area contributed by atoms with E-state index in [1.54, 1.807) is 41.3 Å². The summed E-state index contributed by atoms with van der Waals surface area (Å²) in [6.45, 7) is 5.58. The van der Waals surface area contributed by atoms with Crippen LogP contribution in [0.15, 0.2) is 60.7 Å². The van der Waals surface area contributed by atoms with Gasteiger partial charge in [-0.15, -0.1) is 0 Å². The van der Waals surface area contributed by atoms with Gasteiger partial charge in [0.2, 0.25) is 0 Å². The second-order valence-corrected chi connectivity index (χ2v) is 11.6. The molecule has 2 atom stereocenters. The highest BCUT2D eigenvalue weighted by molar-refractivity contribution is 6.33. The Morgan fingerprint density at radius 3 is 2.38 bits per heavy atom. The molecule has 3 aromatic carbocycles. The van der Waals surface area contributed by atoms with E-state index in [0.717, 1.165) is 29.5 Å². The minimum Gasteiger partial charge on any atom is -0.465 e. The lowest BCUT2D eigenvalue weighted by Crippen LogP contribution is -2.47. The third-order valence-corrected chi connectivity index (χ3v) is 7.37. The topological polar surface area (TPSA) is 76.1 Å². The van der Waals surface area contributed by atoms with Crippen molar-refractivity contribution in [2.45, 2.75) is 57.8 Å². The molecule has 0 spiro atoms. The summed E-state index contributed by atoms with van der Waals surface area (Å²) >= 11 is 12.6. The summed E-state index contributed by atoms with van der Waals surface area (Å²) < 4.78 is 10.5. The van der Waals surface area contributed by atoms with Crippen LogP contribution in [0.3, 0.4) is 0 Å². The Labute approximate surface area is 239 Å². The predicted molar refractivity (Wildman–Crippen MR) is 153 cm³/mol. The molecule has 4 rings (SSSR count). The van der Waals surface area contributed by atoms with Gasteiger partial charge in [-0.2, -0.15) is 0 Å². The molecule has 0 aromatic heterocycles. The number of ether oxygens (including phenoxy) is 2. The van der Waals surface area contributed by atoms with E-state index >= 15 is 0 Å². The first kappa shape index (κ1) is 28.9. The van der Waals surface area contributed by atoms with Gasteiger partial charge >= 0.3 is 12.1 Å². The van der Waals surface area contributed by atoms with Gasteiger partial charge in [0, 0.05) is 21.7 Å². The smallest absolute Gasteiger partial charge is 0.410 e. The molecule has 8 heteroatoms. The van der Waals surface area contributed by atoms with Gasteiger partial charge in [0.25, 0.3) is 0 Å². The van der Waals surface area contributed by atoms with E-state index in [0.29, 0.717) is 27.6 Å². The van der Waals surface area contributed by atoms with E-state index in [1.807, 2.05) is 32.9 Å². The molecule has 206 valence electrons. The van der Waals surface area contributed by atoms with Gasteiger partial charge in [-0.25, -0.2) is 9.59 Å². The molecule has 0 bridgehead atoms. The van der Waals surface area contributed by atoms with E-state index in [1.165, 1.54) is 12.7 Å². The first-order chi connectivity index (χ1) is 18.4. The molecule has 0 heterocycles. The van der Waals surface area contributed by atoms with Crippen molar-refractivity contribution in [3.05, 3.63) is 93.0 Å². The van der Waals surface area contributed by atoms with Crippen molar-refractivity contribution in [3.63, 3.8) is 0 Å². The van der Waals surface area contributed by atoms with Crippen LogP contribution in [0.1, 0.15) is 60.3 Å². The molecular weight excluding hydrogens is 537 g/mol. The molecule has 0 saturated heterocycles. The van der Waals surface area contributed by atoms with Crippen LogP contribution >= 0.6 is 23.2 Å². The molecule has 1 amide bonds. The third kappa shape index (κ3) is 7.13. The fourth-order valence-corrected chi connectivity index (χ4v) is 5.25. The quantitative estimate of drug-likeness (QED) is 0.316. The number of aliphatic hydroxyl groups is 1. The van der Waals surface area contributed by atoms with Gasteiger partial charge in [0.15, 0.2) is 0 Å². The number of nitrogens with zero attached hydrogens (tertiary/aromatic N) is 1. The summed E-state index contributed by atoms with van der Waals surface area (Å²) in [4.78, 5) is 26.9. The Morgan fingerprint density at radius 2 is 1.74 bits per heavy atom. The molecule has 39 heavy (non-hydrogen) atoms. The highest BCUT2D eigenvalue weighted by atomic mass is 35.5. The highest BCUT2D eigenvalue weighted by Crippen LogP contribution is 2.34. The molecule has 0 saturated carbocycles. The predicted octanol–water partition coefficient (Wildman–Crippen LogP) is 7.28. The van der Waals surface area contributed by atoms with Gasteiger partial charge in [0.1, 0.15) is 5.60 Å². The van der Waals surface area contributed by atoms with Crippen LogP contribution in [0, 0.1) is 0 Å². The highest BCUT2D eigenvalue weighted by Gasteiger charge is 2.33. The van der Waals surface area contributed by atoms with Crippen LogP contribution < -0.4 is 0 Å². The summed E-state index contributed by atoms with van der Waals surface area (Å²) in [7, 11) is 1.33. The molecule has 1 aliphatic carbocycles. The number of fused-ring (bicyclic) bond motifs is 1. The van der Waals surface area contributed by atoms with Gasteiger partial charge in [-0.3, -0.25) is 0 Å². The minimum absolute atomic E-state index is 0.0943. The molecule has 0 radical (unpaired) electrons. The van der Waals surface area contributed by atoms with Crippen molar-refractivity contribution in [1.29, 1.82) is 0 Å². The van der Waals surface area contributed by atoms with Gasteiger partial charge in [0.05, 0.1) is 25.3 Å². The Kier molecular flexibility index (Phi) is 8.90. The lowest BCUT2D eigenvalue weighted by atomic mass is 9.85. The number of esters is 1.